The standard InChI is InChI=1S/C22H23NO6/c1-11-6-7-16-15(10-28-17(16)8-11)9-18(24)29-14(4)21(25)20-12(2)19(13(3)23-20)22(26)27-5/h6-8,10,14,23H,9H2,1-5H3/t14-/m0/s1. The monoisotopic (exact) mass is 397 g/mol. The molecule has 29 heavy (non-hydrogen) atoms. The number of methoxy groups -OCH3 is 1. The first-order valence-electron chi connectivity index (χ1n) is 9.20. The molecule has 0 unspecified atom stereocenters. The number of esters is 2. The Morgan fingerprint density at radius 2 is 1.90 bits per heavy atom. The van der Waals surface area contributed by atoms with E-state index in [2.05, 4.69) is 4.98 Å². The fraction of sp³-hybridized carbons (Fsp3) is 0.318. The van der Waals surface area contributed by atoms with Crippen molar-refractivity contribution >= 4 is 28.7 Å². The van der Waals surface area contributed by atoms with Crippen molar-refractivity contribution in [3.8, 4) is 0 Å². The van der Waals surface area contributed by atoms with Crippen molar-refractivity contribution in [2.45, 2.75) is 40.2 Å². The minimum absolute atomic E-state index is 0.0101. The Labute approximate surface area is 168 Å². The van der Waals surface area contributed by atoms with Gasteiger partial charge in [0.15, 0.2) is 6.10 Å². The second-order valence-electron chi connectivity index (χ2n) is 7.05. The normalized spacial score (nSPS) is 12.0. The van der Waals surface area contributed by atoms with Crippen LogP contribution in [0.4, 0.5) is 0 Å². The Hall–Kier alpha value is -3.35. The molecule has 1 aromatic carbocycles. The van der Waals surface area contributed by atoms with Crippen LogP contribution in [-0.2, 0) is 20.7 Å². The Bertz CT molecular complexity index is 1100. The quantitative estimate of drug-likeness (QED) is 0.501. The Balaban J connectivity index is 1.72. The summed E-state index contributed by atoms with van der Waals surface area (Å²) in [6.45, 7) is 6.79. The first-order chi connectivity index (χ1) is 13.7. The third kappa shape index (κ3) is 3.94. The van der Waals surface area contributed by atoms with E-state index in [1.807, 2.05) is 25.1 Å². The van der Waals surface area contributed by atoms with Gasteiger partial charge in [0.05, 0.1) is 31.1 Å². The number of nitrogens with one attached hydrogen (secondary N) is 1. The van der Waals surface area contributed by atoms with Crippen LogP contribution >= 0.6 is 0 Å². The summed E-state index contributed by atoms with van der Waals surface area (Å²) in [5.74, 6) is -1.48. The van der Waals surface area contributed by atoms with Crippen molar-refractivity contribution in [2.75, 3.05) is 7.11 Å². The van der Waals surface area contributed by atoms with Gasteiger partial charge in [-0.05, 0) is 44.9 Å². The van der Waals surface area contributed by atoms with Crippen LogP contribution in [0.2, 0.25) is 0 Å². The zero-order valence-electron chi connectivity index (χ0n) is 17.0. The molecule has 0 saturated carbocycles. The summed E-state index contributed by atoms with van der Waals surface area (Å²) >= 11 is 0. The molecule has 0 bridgehead atoms. The van der Waals surface area contributed by atoms with Gasteiger partial charge in [0, 0.05) is 16.6 Å². The maximum absolute atomic E-state index is 12.8. The number of carbonyl (C=O) groups excluding carboxylic acids is 3. The fourth-order valence-electron chi connectivity index (χ4n) is 3.38. The van der Waals surface area contributed by atoms with Crippen LogP contribution in [0.15, 0.2) is 28.9 Å². The van der Waals surface area contributed by atoms with Crippen LogP contribution in [0, 0.1) is 20.8 Å². The summed E-state index contributed by atoms with van der Waals surface area (Å²) in [6, 6.07) is 5.73. The maximum atomic E-state index is 12.8. The molecule has 3 aromatic rings. The topological polar surface area (TPSA) is 98.6 Å². The lowest BCUT2D eigenvalue weighted by molar-refractivity contribution is -0.145. The number of aromatic amines is 1. The number of ether oxygens (including phenoxy) is 2. The molecule has 152 valence electrons. The van der Waals surface area contributed by atoms with Gasteiger partial charge in [-0.1, -0.05) is 12.1 Å². The summed E-state index contributed by atoms with van der Waals surface area (Å²) in [7, 11) is 1.28. The Morgan fingerprint density at radius 3 is 2.59 bits per heavy atom. The number of rotatable bonds is 6. The number of aryl methyl sites for hydroxylation is 2. The summed E-state index contributed by atoms with van der Waals surface area (Å²) in [4.78, 5) is 39.9. The highest BCUT2D eigenvalue weighted by atomic mass is 16.5. The zero-order chi connectivity index (χ0) is 21.3. The molecule has 1 N–H and O–H groups in total. The average molecular weight is 397 g/mol. The number of H-pyrrole nitrogens is 1. The Kier molecular flexibility index (Phi) is 5.59. The van der Waals surface area contributed by atoms with Crippen LogP contribution < -0.4 is 0 Å². The lowest BCUT2D eigenvalue weighted by atomic mass is 10.1. The Morgan fingerprint density at radius 1 is 1.17 bits per heavy atom. The molecule has 0 radical (unpaired) electrons. The maximum Gasteiger partial charge on any atom is 0.339 e. The molecular formula is C22H23NO6. The molecule has 0 aliphatic heterocycles. The van der Waals surface area contributed by atoms with Gasteiger partial charge < -0.3 is 18.9 Å². The molecule has 0 aliphatic rings. The molecule has 2 aromatic heterocycles. The number of hydrogen-bond acceptors (Lipinski definition) is 6. The van der Waals surface area contributed by atoms with Crippen LogP contribution in [0.1, 0.15) is 50.2 Å². The lowest BCUT2D eigenvalue weighted by Crippen LogP contribution is -2.26. The second kappa shape index (κ2) is 7.95. The lowest BCUT2D eigenvalue weighted by Gasteiger charge is -2.12. The van der Waals surface area contributed by atoms with E-state index in [1.165, 1.54) is 20.3 Å². The van der Waals surface area contributed by atoms with Gasteiger partial charge in [-0.3, -0.25) is 9.59 Å². The molecule has 0 fully saturated rings. The minimum Gasteiger partial charge on any atom is -0.465 e. The van der Waals surface area contributed by atoms with E-state index in [-0.39, 0.29) is 12.1 Å². The molecule has 1 atom stereocenters. The molecule has 7 heteroatoms. The van der Waals surface area contributed by atoms with E-state index in [4.69, 9.17) is 13.9 Å². The highest BCUT2D eigenvalue weighted by Gasteiger charge is 2.27. The van der Waals surface area contributed by atoms with E-state index < -0.39 is 23.8 Å². The van der Waals surface area contributed by atoms with Gasteiger partial charge in [0.25, 0.3) is 0 Å². The first kappa shape index (κ1) is 20.4. The van der Waals surface area contributed by atoms with Gasteiger partial charge in [-0.25, -0.2) is 4.79 Å². The summed E-state index contributed by atoms with van der Waals surface area (Å²) in [5.41, 5.74) is 3.99. The average Bonchev–Trinajstić information content (AvgIpc) is 3.20. The number of fused-ring (bicyclic) bond motifs is 1. The van der Waals surface area contributed by atoms with Gasteiger partial charge in [0.1, 0.15) is 5.58 Å². The van der Waals surface area contributed by atoms with Crippen molar-refractivity contribution < 1.29 is 28.3 Å². The molecule has 2 heterocycles. The van der Waals surface area contributed by atoms with Gasteiger partial charge in [0.2, 0.25) is 5.78 Å². The summed E-state index contributed by atoms with van der Waals surface area (Å²) < 4.78 is 15.6. The third-order valence-corrected chi connectivity index (χ3v) is 4.90. The molecule has 0 saturated heterocycles. The second-order valence-corrected chi connectivity index (χ2v) is 7.05. The number of carbonyl (C=O) groups is 3. The van der Waals surface area contributed by atoms with Gasteiger partial charge in [-0.15, -0.1) is 0 Å². The number of furan rings is 1. The van der Waals surface area contributed by atoms with Crippen molar-refractivity contribution in [2.24, 2.45) is 0 Å². The molecule has 3 rings (SSSR count). The van der Waals surface area contributed by atoms with E-state index in [9.17, 15) is 14.4 Å². The third-order valence-electron chi connectivity index (χ3n) is 4.90. The fourth-order valence-corrected chi connectivity index (χ4v) is 3.38. The van der Waals surface area contributed by atoms with Crippen LogP contribution in [-0.4, -0.2) is 35.9 Å². The molecule has 0 amide bonds. The SMILES string of the molecule is COC(=O)c1c(C)[nH]c(C(=O)[C@H](C)OC(=O)Cc2coc3cc(C)ccc23)c1C. The highest BCUT2D eigenvalue weighted by Crippen LogP contribution is 2.24. The number of ketones is 1. The largest absolute Gasteiger partial charge is 0.465 e. The number of benzene rings is 1. The molecule has 0 aliphatic carbocycles. The van der Waals surface area contributed by atoms with Crippen LogP contribution in [0.3, 0.4) is 0 Å². The molecular weight excluding hydrogens is 374 g/mol. The van der Waals surface area contributed by atoms with Crippen molar-refractivity contribution in [1.29, 1.82) is 0 Å². The first-order valence-corrected chi connectivity index (χ1v) is 9.20. The van der Waals surface area contributed by atoms with E-state index >= 15 is 0 Å². The van der Waals surface area contributed by atoms with Gasteiger partial charge >= 0.3 is 11.9 Å². The predicted octanol–water partition coefficient (Wildman–Crippen LogP) is 3.83. The van der Waals surface area contributed by atoms with Crippen LogP contribution in [0.5, 0.6) is 0 Å². The summed E-state index contributed by atoms with van der Waals surface area (Å²) in [5, 5.41) is 0.838. The summed E-state index contributed by atoms with van der Waals surface area (Å²) in [6.07, 6.45) is 0.508. The van der Waals surface area contributed by atoms with Crippen LogP contribution in [0.25, 0.3) is 11.0 Å². The smallest absolute Gasteiger partial charge is 0.339 e. The van der Waals surface area contributed by atoms with E-state index in [0.717, 1.165) is 10.9 Å². The number of hydrogen-bond donors (Lipinski definition) is 1. The molecule has 7 nitrogen and oxygen atoms in total. The van der Waals surface area contributed by atoms with Crippen molar-refractivity contribution in [3.63, 3.8) is 0 Å². The minimum atomic E-state index is -1.01. The van der Waals surface area contributed by atoms with Crippen molar-refractivity contribution in [3.05, 3.63) is 58.1 Å². The number of Topliss-reactive ketones (excluding diaryl/α,β-unsaturated/α-hetero) is 1. The van der Waals surface area contributed by atoms with E-state index in [1.54, 1.807) is 13.8 Å². The van der Waals surface area contributed by atoms with E-state index in [0.29, 0.717) is 28.0 Å². The highest BCUT2D eigenvalue weighted by molar-refractivity contribution is 6.04. The number of aromatic nitrogens is 1. The van der Waals surface area contributed by atoms with Crippen molar-refractivity contribution in [1.82, 2.24) is 4.98 Å². The zero-order valence-corrected chi connectivity index (χ0v) is 17.0. The predicted molar refractivity (Wildman–Crippen MR) is 106 cm³/mol. The van der Waals surface area contributed by atoms with Gasteiger partial charge in [-0.2, -0.15) is 0 Å². The molecule has 0 spiro atoms.